The van der Waals surface area contributed by atoms with E-state index in [1.165, 1.54) is 0 Å². The number of carbonyl (C=O) groups is 1. The van der Waals surface area contributed by atoms with Gasteiger partial charge in [0.25, 0.3) is 5.91 Å². The molecule has 2 unspecified atom stereocenters. The van der Waals surface area contributed by atoms with E-state index in [1.54, 1.807) is 18.3 Å². The van der Waals surface area contributed by atoms with E-state index in [0.717, 1.165) is 25.7 Å². The molecule has 0 N–H and O–H groups in total. The molecule has 0 saturated carbocycles. The van der Waals surface area contributed by atoms with Crippen molar-refractivity contribution < 1.29 is 9.53 Å². The number of aromatic nitrogens is 1. The van der Waals surface area contributed by atoms with Crippen LogP contribution in [-0.4, -0.2) is 34.0 Å². The maximum atomic E-state index is 12.9. The predicted molar refractivity (Wildman–Crippen MR) is 92.3 cm³/mol. The van der Waals surface area contributed by atoms with Crippen LogP contribution >= 0.6 is 11.6 Å². The fraction of sp³-hybridized carbons (Fsp3) is 0.368. The van der Waals surface area contributed by atoms with E-state index in [1.807, 2.05) is 35.2 Å². The van der Waals surface area contributed by atoms with Crippen LogP contribution in [0.2, 0.25) is 5.02 Å². The second-order valence-corrected chi connectivity index (χ2v) is 6.92. The fourth-order valence-corrected chi connectivity index (χ4v) is 4.10. The van der Waals surface area contributed by atoms with Gasteiger partial charge in [-0.05, 0) is 37.1 Å². The van der Waals surface area contributed by atoms with Crippen LogP contribution in [0.25, 0.3) is 0 Å². The zero-order chi connectivity index (χ0) is 16.5. The molecule has 24 heavy (non-hydrogen) atoms. The van der Waals surface area contributed by atoms with Crippen molar-refractivity contribution in [2.24, 2.45) is 0 Å². The lowest BCUT2D eigenvalue weighted by atomic mass is 9.98. The highest BCUT2D eigenvalue weighted by Gasteiger charge is 2.44. The third-order valence-corrected chi connectivity index (χ3v) is 5.16. The first-order valence-electron chi connectivity index (χ1n) is 8.36. The van der Waals surface area contributed by atoms with Gasteiger partial charge in [0, 0.05) is 47.8 Å². The average Bonchev–Trinajstić information content (AvgIpc) is 2.86. The van der Waals surface area contributed by atoms with Crippen molar-refractivity contribution in [3.63, 3.8) is 0 Å². The van der Waals surface area contributed by atoms with Crippen LogP contribution in [0, 0.1) is 0 Å². The maximum Gasteiger partial charge on any atom is 0.254 e. The van der Waals surface area contributed by atoms with E-state index >= 15 is 0 Å². The second kappa shape index (κ2) is 6.44. The molecule has 0 aliphatic carbocycles. The van der Waals surface area contributed by atoms with Crippen LogP contribution in [0.5, 0.6) is 5.88 Å². The third-order valence-electron chi connectivity index (χ3n) is 4.92. The molecule has 0 radical (unpaired) electrons. The van der Waals surface area contributed by atoms with Gasteiger partial charge in [0.05, 0.1) is 0 Å². The fourth-order valence-electron chi connectivity index (χ4n) is 3.91. The number of pyridine rings is 1. The molecule has 2 aromatic rings. The Morgan fingerprint density at radius 2 is 1.92 bits per heavy atom. The summed E-state index contributed by atoms with van der Waals surface area (Å²) in [6, 6.07) is 13.4. The SMILES string of the molecule is O=C(c1cccc(Cl)c1)N1C2CCC1CC(Oc1ccccn1)C2. The van der Waals surface area contributed by atoms with Crippen molar-refractivity contribution in [1.82, 2.24) is 9.88 Å². The molecule has 4 rings (SSSR count). The minimum atomic E-state index is 0.0845. The number of rotatable bonds is 3. The number of nitrogens with zero attached hydrogens (tertiary/aromatic N) is 2. The number of piperidine rings is 1. The molecule has 2 atom stereocenters. The topological polar surface area (TPSA) is 42.4 Å². The van der Waals surface area contributed by atoms with Gasteiger partial charge in [0.1, 0.15) is 6.10 Å². The van der Waals surface area contributed by atoms with Crippen molar-refractivity contribution >= 4 is 17.5 Å². The number of halogens is 1. The lowest BCUT2D eigenvalue weighted by Gasteiger charge is -2.38. The van der Waals surface area contributed by atoms with Crippen molar-refractivity contribution in [2.45, 2.75) is 43.9 Å². The predicted octanol–water partition coefficient (Wildman–Crippen LogP) is 3.95. The summed E-state index contributed by atoms with van der Waals surface area (Å²) in [4.78, 5) is 19.2. The van der Waals surface area contributed by atoms with Crippen molar-refractivity contribution in [3.05, 3.63) is 59.2 Å². The van der Waals surface area contributed by atoms with Crippen LogP contribution in [0.4, 0.5) is 0 Å². The van der Waals surface area contributed by atoms with Crippen LogP contribution in [0.3, 0.4) is 0 Å². The summed E-state index contributed by atoms with van der Waals surface area (Å²) in [6.45, 7) is 0. The molecule has 2 aliphatic heterocycles. The minimum absolute atomic E-state index is 0.0845. The van der Waals surface area contributed by atoms with Gasteiger partial charge in [-0.3, -0.25) is 4.79 Å². The van der Waals surface area contributed by atoms with Crippen molar-refractivity contribution in [3.8, 4) is 5.88 Å². The molecule has 2 bridgehead atoms. The lowest BCUT2D eigenvalue weighted by Crippen LogP contribution is -2.49. The summed E-state index contributed by atoms with van der Waals surface area (Å²) in [6.07, 6.45) is 5.67. The quantitative estimate of drug-likeness (QED) is 0.848. The lowest BCUT2D eigenvalue weighted by molar-refractivity contribution is 0.0348. The Hall–Kier alpha value is -2.07. The number of ether oxygens (including phenoxy) is 1. The Labute approximate surface area is 146 Å². The first-order chi connectivity index (χ1) is 11.7. The Bertz CT molecular complexity index is 723. The highest BCUT2D eigenvalue weighted by molar-refractivity contribution is 6.30. The van der Waals surface area contributed by atoms with E-state index in [4.69, 9.17) is 16.3 Å². The number of hydrogen-bond acceptors (Lipinski definition) is 3. The van der Waals surface area contributed by atoms with Gasteiger partial charge in [-0.1, -0.05) is 23.7 Å². The molecule has 5 heteroatoms. The van der Waals surface area contributed by atoms with Gasteiger partial charge < -0.3 is 9.64 Å². The molecule has 124 valence electrons. The first kappa shape index (κ1) is 15.5. The molecule has 2 saturated heterocycles. The first-order valence-corrected chi connectivity index (χ1v) is 8.74. The standard InChI is InChI=1S/C19H19ClN2O2/c20-14-5-3-4-13(10-14)19(23)22-15-7-8-16(22)12-17(11-15)24-18-6-1-2-9-21-18/h1-6,9-10,15-17H,7-8,11-12H2. The van der Waals surface area contributed by atoms with E-state index in [-0.39, 0.29) is 24.1 Å². The van der Waals surface area contributed by atoms with E-state index in [0.29, 0.717) is 16.5 Å². The van der Waals surface area contributed by atoms with Crippen LogP contribution in [-0.2, 0) is 0 Å². The van der Waals surface area contributed by atoms with Crippen molar-refractivity contribution in [1.29, 1.82) is 0 Å². The van der Waals surface area contributed by atoms with Gasteiger partial charge >= 0.3 is 0 Å². The van der Waals surface area contributed by atoms with Crippen LogP contribution in [0.1, 0.15) is 36.0 Å². The maximum absolute atomic E-state index is 12.9. The Kier molecular flexibility index (Phi) is 4.15. The molecule has 1 aromatic heterocycles. The van der Waals surface area contributed by atoms with E-state index in [2.05, 4.69) is 4.98 Å². The summed E-state index contributed by atoms with van der Waals surface area (Å²) in [5, 5.41) is 0.599. The molecule has 1 amide bonds. The van der Waals surface area contributed by atoms with E-state index in [9.17, 15) is 4.79 Å². The smallest absolute Gasteiger partial charge is 0.254 e. The number of hydrogen-bond donors (Lipinski definition) is 0. The Balaban J connectivity index is 1.48. The van der Waals surface area contributed by atoms with Gasteiger partial charge in [0.15, 0.2) is 0 Å². The highest BCUT2D eigenvalue weighted by Crippen LogP contribution is 2.38. The molecular weight excluding hydrogens is 324 g/mol. The van der Waals surface area contributed by atoms with Gasteiger partial charge in [-0.25, -0.2) is 4.98 Å². The zero-order valence-electron chi connectivity index (χ0n) is 13.3. The molecule has 3 heterocycles. The Morgan fingerprint density at radius 3 is 2.58 bits per heavy atom. The summed E-state index contributed by atoms with van der Waals surface area (Å²) in [5.41, 5.74) is 0.670. The molecule has 0 spiro atoms. The van der Waals surface area contributed by atoms with Gasteiger partial charge in [0.2, 0.25) is 5.88 Å². The summed E-state index contributed by atoms with van der Waals surface area (Å²) in [5.74, 6) is 0.748. The monoisotopic (exact) mass is 342 g/mol. The van der Waals surface area contributed by atoms with Gasteiger partial charge in [-0.15, -0.1) is 0 Å². The average molecular weight is 343 g/mol. The minimum Gasteiger partial charge on any atom is -0.474 e. The number of amides is 1. The number of benzene rings is 1. The summed E-state index contributed by atoms with van der Waals surface area (Å²) < 4.78 is 6.02. The number of fused-ring (bicyclic) bond motifs is 2. The largest absolute Gasteiger partial charge is 0.474 e. The summed E-state index contributed by atoms with van der Waals surface area (Å²) >= 11 is 6.03. The molecule has 2 aliphatic rings. The highest BCUT2D eigenvalue weighted by atomic mass is 35.5. The van der Waals surface area contributed by atoms with Crippen LogP contribution in [0.15, 0.2) is 48.7 Å². The molecular formula is C19H19ClN2O2. The van der Waals surface area contributed by atoms with Crippen molar-refractivity contribution in [2.75, 3.05) is 0 Å². The van der Waals surface area contributed by atoms with Crippen LogP contribution < -0.4 is 4.74 Å². The third kappa shape index (κ3) is 2.98. The second-order valence-electron chi connectivity index (χ2n) is 6.49. The van der Waals surface area contributed by atoms with Gasteiger partial charge in [-0.2, -0.15) is 0 Å². The summed E-state index contributed by atoms with van der Waals surface area (Å²) in [7, 11) is 0. The number of carbonyl (C=O) groups excluding carboxylic acids is 1. The Morgan fingerprint density at radius 1 is 1.12 bits per heavy atom. The molecule has 2 fully saturated rings. The molecule has 1 aromatic carbocycles. The molecule has 4 nitrogen and oxygen atoms in total. The zero-order valence-corrected chi connectivity index (χ0v) is 14.0. The van der Waals surface area contributed by atoms with E-state index < -0.39 is 0 Å². The normalized spacial score (nSPS) is 25.5.